The molecule has 246 valence electrons. The maximum Gasteiger partial charge on any atom is 0.250 e. The average molecular weight is 674 g/mol. The number of fused-ring (bicyclic) bond motifs is 1. The molecule has 1 amide bonds. The second-order valence-electron chi connectivity index (χ2n) is 15.7. The second kappa shape index (κ2) is 11.9. The smallest absolute Gasteiger partial charge is 0.250 e. The number of halogens is 2. The van der Waals surface area contributed by atoms with E-state index in [0.717, 1.165) is 73.6 Å². The van der Waals surface area contributed by atoms with Gasteiger partial charge in [0, 0.05) is 48.3 Å². The number of amides is 1. The third-order valence-electron chi connectivity index (χ3n) is 12.0. The minimum atomic E-state index is -2.22. The Morgan fingerprint density at radius 3 is 2.51 bits per heavy atom. The van der Waals surface area contributed by atoms with Gasteiger partial charge in [-0.05, 0) is 99.2 Å². The van der Waals surface area contributed by atoms with Crippen molar-refractivity contribution < 1.29 is 19.1 Å². The Morgan fingerprint density at radius 2 is 1.87 bits per heavy atom. The van der Waals surface area contributed by atoms with Crippen LogP contribution in [0.4, 0.5) is 0 Å². The first-order chi connectivity index (χ1) is 21.1. The number of phenolic OH excluding ortho intramolecular Hbond substituents is 1. The Bertz CT molecular complexity index is 1470. The number of phenols is 1. The molecule has 0 unspecified atom stereocenters. The van der Waals surface area contributed by atoms with Gasteiger partial charge in [-0.2, -0.15) is 0 Å². The van der Waals surface area contributed by atoms with Gasteiger partial charge < -0.3 is 19.2 Å². The molecular formula is C36H50Cl2N2O4Si. The summed E-state index contributed by atoms with van der Waals surface area (Å²) in [6.45, 7) is 13.4. The minimum absolute atomic E-state index is 0.00305. The fourth-order valence-electron chi connectivity index (χ4n) is 8.27. The van der Waals surface area contributed by atoms with Gasteiger partial charge in [-0.15, -0.1) is 0 Å². The summed E-state index contributed by atoms with van der Waals surface area (Å²) in [7, 11) is 1.48. The number of hydrogen-bond donors (Lipinski definition) is 1. The van der Waals surface area contributed by atoms with Crippen LogP contribution >= 0.6 is 23.2 Å². The van der Waals surface area contributed by atoms with Crippen molar-refractivity contribution in [1.82, 2.24) is 9.80 Å². The van der Waals surface area contributed by atoms with Crippen LogP contribution in [-0.2, 0) is 23.1 Å². The van der Waals surface area contributed by atoms with E-state index < -0.39 is 8.32 Å². The molecule has 1 N–H and O–H groups in total. The van der Waals surface area contributed by atoms with Crippen LogP contribution in [0.1, 0.15) is 76.0 Å². The molecule has 6 rings (SSSR count). The molecule has 2 bridgehead atoms. The molecule has 0 aromatic heterocycles. The van der Waals surface area contributed by atoms with Gasteiger partial charge in [0.1, 0.15) is 5.75 Å². The average Bonchev–Trinajstić information content (AvgIpc) is 3.79. The van der Waals surface area contributed by atoms with Gasteiger partial charge in [-0.3, -0.25) is 9.69 Å². The number of hydrogen-bond acceptors (Lipinski definition) is 5. The molecule has 9 heteroatoms. The third kappa shape index (κ3) is 6.00. The lowest BCUT2D eigenvalue weighted by molar-refractivity contribution is -0.133. The van der Waals surface area contributed by atoms with Crippen molar-refractivity contribution in [2.24, 2.45) is 11.8 Å². The van der Waals surface area contributed by atoms with Crippen molar-refractivity contribution in [2.45, 2.75) is 108 Å². The summed E-state index contributed by atoms with van der Waals surface area (Å²) in [4.78, 5) is 18.4. The van der Waals surface area contributed by atoms with E-state index in [1.165, 1.54) is 12.8 Å². The Balaban J connectivity index is 1.39. The second-order valence-corrected chi connectivity index (χ2v) is 21.3. The predicted octanol–water partition coefficient (Wildman–Crippen LogP) is 8.24. The number of piperidine rings is 1. The normalized spacial score (nSPS) is 26.6. The standard InChI is InChI=1S/C36H50Cl2N2O4Si/c1-35(2,3)45(6,7)44-31-19-30(41)25-18-29-26-12-11-24(39(4)32(42)17-23-10-13-27(37)28(38)16-23)20-36(26,33(25)34(31)43-5)14-15-40(29)21-22-8-9-22/h10,13,16,19,22,24,26,29,41H,8-9,11-12,14-15,17-18,20-21H2,1-7H3/t24-,26-,29+,36-/m0/s1. The molecule has 1 heterocycles. The van der Waals surface area contributed by atoms with E-state index >= 15 is 0 Å². The Morgan fingerprint density at radius 1 is 1.13 bits per heavy atom. The lowest BCUT2D eigenvalue weighted by atomic mass is 9.51. The number of ether oxygens (including phenoxy) is 1. The fourth-order valence-corrected chi connectivity index (χ4v) is 9.60. The number of likely N-dealkylation sites (N-methyl/N-ethyl adjacent to an activating group) is 1. The zero-order valence-electron chi connectivity index (χ0n) is 28.0. The van der Waals surface area contributed by atoms with Crippen molar-refractivity contribution in [2.75, 3.05) is 27.2 Å². The zero-order valence-corrected chi connectivity index (χ0v) is 30.5. The monoisotopic (exact) mass is 672 g/mol. The van der Waals surface area contributed by atoms with Gasteiger partial charge >= 0.3 is 0 Å². The van der Waals surface area contributed by atoms with E-state index in [4.69, 9.17) is 32.4 Å². The molecule has 1 aliphatic heterocycles. The number of nitrogens with zero attached hydrogens (tertiary/aromatic N) is 2. The van der Waals surface area contributed by atoms with Crippen molar-refractivity contribution in [3.63, 3.8) is 0 Å². The molecule has 1 saturated heterocycles. The molecule has 0 spiro atoms. The summed E-state index contributed by atoms with van der Waals surface area (Å²) in [5.41, 5.74) is 2.81. The van der Waals surface area contributed by atoms with Gasteiger partial charge in [0.05, 0.1) is 23.6 Å². The Hall–Kier alpha value is -1.93. The zero-order chi connectivity index (χ0) is 32.5. The van der Waals surface area contributed by atoms with Crippen LogP contribution in [0.5, 0.6) is 17.2 Å². The Labute approximate surface area is 280 Å². The lowest BCUT2D eigenvalue weighted by Gasteiger charge is -2.61. The summed E-state index contributed by atoms with van der Waals surface area (Å²) in [6, 6.07) is 7.71. The van der Waals surface area contributed by atoms with Crippen molar-refractivity contribution in [3.05, 3.63) is 51.0 Å². The van der Waals surface area contributed by atoms with Gasteiger partial charge in [0.15, 0.2) is 11.5 Å². The first-order valence-electron chi connectivity index (χ1n) is 16.7. The van der Waals surface area contributed by atoms with Crippen molar-refractivity contribution in [1.29, 1.82) is 0 Å². The van der Waals surface area contributed by atoms with Gasteiger partial charge in [-0.25, -0.2) is 0 Å². The quantitative estimate of drug-likeness (QED) is 0.286. The number of benzene rings is 2. The number of rotatable bonds is 8. The van der Waals surface area contributed by atoms with Crippen LogP contribution in [0.3, 0.4) is 0 Å². The van der Waals surface area contributed by atoms with Gasteiger partial charge in [-0.1, -0.05) is 50.0 Å². The Kier molecular flexibility index (Phi) is 8.76. The number of likely N-dealkylation sites (tertiary alicyclic amines) is 1. The van der Waals surface area contributed by atoms with E-state index in [1.54, 1.807) is 19.2 Å². The van der Waals surface area contributed by atoms with Gasteiger partial charge in [0.2, 0.25) is 5.91 Å². The van der Waals surface area contributed by atoms with Crippen LogP contribution in [-0.4, -0.2) is 68.5 Å². The largest absolute Gasteiger partial charge is 0.541 e. The molecule has 4 aliphatic rings. The van der Waals surface area contributed by atoms with Crippen LogP contribution < -0.4 is 9.16 Å². The van der Waals surface area contributed by atoms with Gasteiger partial charge in [0.25, 0.3) is 8.32 Å². The summed E-state index contributed by atoms with van der Waals surface area (Å²) < 4.78 is 13.2. The van der Waals surface area contributed by atoms with E-state index in [9.17, 15) is 9.90 Å². The summed E-state index contributed by atoms with van der Waals surface area (Å²) in [5.74, 6) is 3.10. The molecule has 3 fully saturated rings. The molecular weight excluding hydrogens is 623 g/mol. The lowest BCUT2D eigenvalue weighted by Crippen LogP contribution is -2.63. The van der Waals surface area contributed by atoms with E-state index in [1.807, 2.05) is 24.1 Å². The molecule has 4 atom stereocenters. The number of methoxy groups -OCH3 is 1. The maximum absolute atomic E-state index is 13.7. The molecule has 2 saturated carbocycles. The highest BCUT2D eigenvalue weighted by atomic mass is 35.5. The predicted molar refractivity (Wildman–Crippen MR) is 185 cm³/mol. The van der Waals surface area contributed by atoms with Crippen LogP contribution in [0.2, 0.25) is 28.2 Å². The topological polar surface area (TPSA) is 62.2 Å². The van der Waals surface area contributed by atoms with Crippen molar-refractivity contribution >= 4 is 37.4 Å². The molecule has 3 aliphatic carbocycles. The summed E-state index contributed by atoms with van der Waals surface area (Å²) in [5, 5.41) is 12.7. The SMILES string of the molecule is COc1c(O[Si](C)(C)C(C)(C)C)cc(O)c2c1[C@]13CCN(CC4CC4)[C@H](C2)[C@@H]1CC[C@H](N(C)C(=O)Cc1ccc(Cl)c(Cl)c1)C3. The summed E-state index contributed by atoms with van der Waals surface area (Å²) >= 11 is 12.4. The number of carbonyl (C=O) groups is 1. The van der Waals surface area contributed by atoms with E-state index in [2.05, 4.69) is 38.8 Å². The highest BCUT2D eigenvalue weighted by Crippen LogP contribution is 2.62. The van der Waals surface area contributed by atoms with E-state index in [-0.39, 0.29) is 28.8 Å². The first-order valence-corrected chi connectivity index (χ1v) is 20.4. The molecule has 6 nitrogen and oxygen atoms in total. The fraction of sp³-hybridized carbons (Fsp3) is 0.639. The highest BCUT2D eigenvalue weighted by Gasteiger charge is 2.58. The third-order valence-corrected chi connectivity index (χ3v) is 17.1. The highest BCUT2D eigenvalue weighted by molar-refractivity contribution is 6.74. The van der Waals surface area contributed by atoms with Crippen LogP contribution in [0, 0.1) is 11.8 Å². The van der Waals surface area contributed by atoms with Crippen LogP contribution in [0.15, 0.2) is 24.3 Å². The minimum Gasteiger partial charge on any atom is -0.541 e. The first kappa shape index (κ1) is 33.0. The number of carbonyl (C=O) groups excluding carboxylic acids is 1. The molecule has 0 radical (unpaired) electrons. The molecule has 2 aromatic rings. The molecule has 2 aromatic carbocycles. The maximum atomic E-state index is 13.7. The van der Waals surface area contributed by atoms with E-state index in [0.29, 0.717) is 33.5 Å². The molecule has 45 heavy (non-hydrogen) atoms. The van der Waals surface area contributed by atoms with Crippen LogP contribution in [0.25, 0.3) is 0 Å². The van der Waals surface area contributed by atoms with Crippen molar-refractivity contribution in [3.8, 4) is 17.2 Å². The summed E-state index contributed by atoms with van der Waals surface area (Å²) in [6.07, 6.45) is 7.61. The number of aromatic hydroxyl groups is 1.